The third kappa shape index (κ3) is 5.27. The van der Waals surface area contributed by atoms with Crippen LogP contribution in [0.15, 0.2) is 43.0 Å². The summed E-state index contributed by atoms with van der Waals surface area (Å²) in [5, 5.41) is 27.3. The van der Waals surface area contributed by atoms with Crippen molar-refractivity contribution in [3.8, 4) is 11.1 Å². The molecular weight excluding hydrogens is 486 g/mol. The van der Waals surface area contributed by atoms with Crippen molar-refractivity contribution in [3.63, 3.8) is 0 Å². The number of likely N-dealkylation sites (tertiary alicyclic amines) is 1. The second-order valence-corrected chi connectivity index (χ2v) is 10.1. The molecule has 0 aromatic carbocycles. The molecule has 4 aromatic rings. The van der Waals surface area contributed by atoms with Gasteiger partial charge >= 0.3 is 0 Å². The topological polar surface area (TPSA) is 143 Å². The zero-order valence-electron chi connectivity index (χ0n) is 21.7. The minimum absolute atomic E-state index is 0.00399. The maximum Gasteiger partial charge on any atom is 0.294 e. The van der Waals surface area contributed by atoms with Gasteiger partial charge in [-0.1, -0.05) is 0 Å². The summed E-state index contributed by atoms with van der Waals surface area (Å²) in [6.45, 7) is 7.69. The van der Waals surface area contributed by atoms with E-state index in [0.717, 1.165) is 30.5 Å². The van der Waals surface area contributed by atoms with Gasteiger partial charge in [-0.15, -0.1) is 10.2 Å². The Labute approximate surface area is 219 Å². The number of rotatable bonds is 8. The van der Waals surface area contributed by atoms with Crippen LogP contribution in [0, 0.1) is 6.92 Å². The van der Waals surface area contributed by atoms with Crippen LogP contribution in [-0.2, 0) is 11.3 Å². The van der Waals surface area contributed by atoms with Gasteiger partial charge in [-0.05, 0) is 63.9 Å². The van der Waals surface area contributed by atoms with E-state index >= 15 is 0 Å². The summed E-state index contributed by atoms with van der Waals surface area (Å²) in [6, 6.07) is 5.35. The molecule has 5 rings (SSSR count). The van der Waals surface area contributed by atoms with Crippen molar-refractivity contribution < 1.29 is 14.7 Å². The first kappa shape index (κ1) is 25.5. The van der Waals surface area contributed by atoms with Crippen LogP contribution in [-0.4, -0.2) is 76.4 Å². The third-order valence-electron chi connectivity index (χ3n) is 6.93. The second kappa shape index (κ2) is 10.3. The Kier molecular flexibility index (Phi) is 6.91. The molecule has 12 heteroatoms. The maximum atomic E-state index is 13.1. The van der Waals surface area contributed by atoms with Gasteiger partial charge in [0, 0.05) is 23.5 Å². The fraction of sp³-hybridized carbons (Fsp3) is 0.385. The molecule has 0 radical (unpaired) electrons. The number of pyridine rings is 2. The van der Waals surface area contributed by atoms with E-state index in [-0.39, 0.29) is 23.9 Å². The molecule has 1 aliphatic heterocycles. The lowest BCUT2D eigenvalue weighted by Crippen LogP contribution is -2.42. The van der Waals surface area contributed by atoms with Gasteiger partial charge in [0.25, 0.3) is 5.91 Å². The molecule has 12 nitrogen and oxygen atoms in total. The minimum atomic E-state index is -0.451. The van der Waals surface area contributed by atoms with E-state index in [0.29, 0.717) is 35.8 Å². The summed E-state index contributed by atoms with van der Waals surface area (Å²) in [7, 11) is 0. The van der Waals surface area contributed by atoms with E-state index in [1.807, 2.05) is 18.3 Å². The SMILES string of the molecule is Cc1ncc(NC(=O)CN2CCCC2(C)C)cc1NC(=O)c1nnc2cc(-c3cnn(CCO)c3)ccn12. The van der Waals surface area contributed by atoms with Crippen molar-refractivity contribution in [1.29, 1.82) is 0 Å². The zero-order chi connectivity index (χ0) is 26.9. The van der Waals surface area contributed by atoms with Crippen molar-refractivity contribution in [3.05, 3.63) is 54.5 Å². The highest BCUT2D eigenvalue weighted by atomic mass is 16.3. The molecule has 1 fully saturated rings. The Balaban J connectivity index is 1.29. The molecule has 4 aromatic heterocycles. The number of fused-ring (bicyclic) bond motifs is 1. The molecule has 0 atom stereocenters. The number of amides is 2. The van der Waals surface area contributed by atoms with Gasteiger partial charge < -0.3 is 15.7 Å². The molecule has 1 aliphatic rings. The maximum absolute atomic E-state index is 13.1. The number of aliphatic hydroxyl groups is 1. The van der Waals surface area contributed by atoms with Crippen molar-refractivity contribution in [2.24, 2.45) is 0 Å². The largest absolute Gasteiger partial charge is 0.394 e. The zero-order valence-corrected chi connectivity index (χ0v) is 21.7. The van der Waals surface area contributed by atoms with E-state index in [1.165, 1.54) is 0 Å². The first-order chi connectivity index (χ1) is 18.2. The van der Waals surface area contributed by atoms with Gasteiger partial charge in [-0.2, -0.15) is 5.10 Å². The normalized spacial score (nSPS) is 15.2. The van der Waals surface area contributed by atoms with E-state index in [1.54, 1.807) is 40.7 Å². The monoisotopic (exact) mass is 517 g/mol. The van der Waals surface area contributed by atoms with Gasteiger partial charge in [-0.3, -0.25) is 28.6 Å². The molecule has 38 heavy (non-hydrogen) atoms. The van der Waals surface area contributed by atoms with Crippen LogP contribution in [0.4, 0.5) is 11.4 Å². The van der Waals surface area contributed by atoms with Gasteiger partial charge in [0.15, 0.2) is 5.65 Å². The summed E-state index contributed by atoms with van der Waals surface area (Å²) < 4.78 is 3.26. The van der Waals surface area contributed by atoms with Crippen LogP contribution in [0.25, 0.3) is 16.8 Å². The molecule has 0 aliphatic carbocycles. The van der Waals surface area contributed by atoms with Crippen molar-refractivity contribution >= 4 is 28.8 Å². The van der Waals surface area contributed by atoms with E-state index in [4.69, 9.17) is 5.11 Å². The number of hydrogen-bond acceptors (Lipinski definition) is 8. The Bertz CT molecular complexity index is 1490. The van der Waals surface area contributed by atoms with Crippen LogP contribution >= 0.6 is 0 Å². The number of aliphatic hydroxyl groups excluding tert-OH is 1. The number of anilines is 2. The van der Waals surface area contributed by atoms with Gasteiger partial charge in [-0.25, -0.2) is 0 Å². The fourth-order valence-electron chi connectivity index (χ4n) is 4.70. The Morgan fingerprint density at radius 1 is 1.13 bits per heavy atom. The molecule has 0 bridgehead atoms. The highest BCUT2D eigenvalue weighted by Crippen LogP contribution is 2.28. The lowest BCUT2D eigenvalue weighted by Gasteiger charge is -2.30. The van der Waals surface area contributed by atoms with Crippen molar-refractivity contribution in [1.82, 2.24) is 34.3 Å². The molecule has 0 unspecified atom stereocenters. The molecule has 3 N–H and O–H groups in total. The molecule has 198 valence electrons. The van der Waals surface area contributed by atoms with Gasteiger partial charge in [0.2, 0.25) is 11.7 Å². The highest BCUT2D eigenvalue weighted by molar-refractivity contribution is 6.03. The molecular formula is C26H31N9O3. The quantitative estimate of drug-likeness (QED) is 0.323. The van der Waals surface area contributed by atoms with E-state index in [9.17, 15) is 9.59 Å². The average Bonchev–Trinajstić information content (AvgIpc) is 3.60. The third-order valence-corrected chi connectivity index (χ3v) is 6.93. The Morgan fingerprint density at radius 3 is 2.74 bits per heavy atom. The number of aryl methyl sites for hydroxylation is 1. The summed E-state index contributed by atoms with van der Waals surface area (Å²) in [6.07, 6.45) is 8.99. The molecule has 5 heterocycles. The predicted molar refractivity (Wildman–Crippen MR) is 142 cm³/mol. The first-order valence-corrected chi connectivity index (χ1v) is 12.5. The fourth-order valence-corrected chi connectivity index (χ4v) is 4.70. The summed E-state index contributed by atoms with van der Waals surface area (Å²) >= 11 is 0. The average molecular weight is 518 g/mol. The number of carbonyl (C=O) groups is 2. The lowest BCUT2D eigenvalue weighted by atomic mass is 10.0. The summed E-state index contributed by atoms with van der Waals surface area (Å²) in [5.74, 6) is -0.454. The molecule has 0 saturated carbocycles. The van der Waals surface area contributed by atoms with Crippen LogP contribution in [0.1, 0.15) is 43.0 Å². The number of nitrogens with one attached hydrogen (secondary N) is 2. The summed E-state index contributed by atoms with van der Waals surface area (Å²) in [5.41, 5.74) is 3.82. The smallest absolute Gasteiger partial charge is 0.294 e. The van der Waals surface area contributed by atoms with Crippen LogP contribution in [0.2, 0.25) is 0 Å². The first-order valence-electron chi connectivity index (χ1n) is 12.5. The van der Waals surface area contributed by atoms with Gasteiger partial charge in [0.05, 0.1) is 49.2 Å². The predicted octanol–water partition coefficient (Wildman–Crippen LogP) is 2.35. The van der Waals surface area contributed by atoms with Crippen LogP contribution in [0.5, 0.6) is 0 Å². The second-order valence-electron chi connectivity index (χ2n) is 10.1. The van der Waals surface area contributed by atoms with E-state index in [2.05, 4.69) is 49.7 Å². The summed E-state index contributed by atoms with van der Waals surface area (Å²) in [4.78, 5) is 32.3. The minimum Gasteiger partial charge on any atom is -0.394 e. The number of hydrogen-bond donors (Lipinski definition) is 3. The molecule has 0 spiro atoms. The molecule has 1 saturated heterocycles. The van der Waals surface area contributed by atoms with Crippen LogP contribution < -0.4 is 10.6 Å². The number of aromatic nitrogens is 6. The number of nitrogens with zero attached hydrogens (tertiary/aromatic N) is 7. The Morgan fingerprint density at radius 2 is 1.97 bits per heavy atom. The van der Waals surface area contributed by atoms with E-state index < -0.39 is 5.91 Å². The van der Waals surface area contributed by atoms with Crippen molar-refractivity contribution in [2.75, 3.05) is 30.3 Å². The highest BCUT2D eigenvalue weighted by Gasteiger charge is 2.32. The molecule has 2 amide bonds. The Hall–Kier alpha value is -4.16. The van der Waals surface area contributed by atoms with Gasteiger partial charge in [0.1, 0.15) is 0 Å². The number of carbonyl (C=O) groups excluding carboxylic acids is 2. The van der Waals surface area contributed by atoms with Crippen LogP contribution in [0.3, 0.4) is 0 Å². The lowest BCUT2D eigenvalue weighted by molar-refractivity contribution is -0.118. The van der Waals surface area contributed by atoms with Crippen molar-refractivity contribution in [2.45, 2.75) is 45.7 Å². The standard InChI is InChI=1S/C26H31N9O3/c1-17-21(12-20(14-27-17)29-23(37)16-33-7-4-6-26(33,2)3)30-25(38)24-32-31-22-11-18(5-8-35(22)24)19-13-28-34(15-19)9-10-36/h5,8,11-15,36H,4,6-7,9-10,16H2,1-3H3,(H,29,37)(H,30,38).